The number of carbonyl (C=O) groups excluding carboxylic acids is 1. The number of aryl methyl sites for hydroxylation is 1. The third kappa shape index (κ3) is 3.40. The van der Waals surface area contributed by atoms with Crippen molar-refractivity contribution in [2.75, 3.05) is 6.54 Å². The average Bonchev–Trinajstić information content (AvgIpc) is 3.33. The summed E-state index contributed by atoms with van der Waals surface area (Å²) in [4.78, 5) is 16.6. The maximum Gasteiger partial charge on any atom is 0.223 e. The van der Waals surface area contributed by atoms with E-state index in [1.165, 1.54) is 12.1 Å². The Hall–Kier alpha value is -2.69. The fourth-order valence-corrected chi connectivity index (χ4v) is 3.34. The Labute approximate surface area is 145 Å². The molecule has 4 rings (SSSR count). The van der Waals surface area contributed by atoms with Gasteiger partial charge in [0.05, 0.1) is 17.4 Å². The SMILES string of the molecule is O=C(NCCCn1cnc2ccccc21)C1CC1c1ccc(F)cc1. The second-order valence-corrected chi connectivity index (χ2v) is 6.57. The number of amides is 1. The van der Waals surface area contributed by atoms with Crippen LogP contribution in [0.2, 0.25) is 0 Å². The third-order valence-electron chi connectivity index (χ3n) is 4.83. The number of fused-ring (bicyclic) bond motifs is 1. The predicted molar refractivity (Wildman–Crippen MR) is 94.6 cm³/mol. The van der Waals surface area contributed by atoms with E-state index < -0.39 is 0 Å². The topological polar surface area (TPSA) is 46.9 Å². The minimum Gasteiger partial charge on any atom is -0.356 e. The summed E-state index contributed by atoms with van der Waals surface area (Å²) in [5.41, 5.74) is 3.16. The first-order chi connectivity index (χ1) is 12.2. The van der Waals surface area contributed by atoms with Crippen LogP contribution in [0.3, 0.4) is 0 Å². The van der Waals surface area contributed by atoms with Crippen LogP contribution in [0.15, 0.2) is 54.9 Å². The lowest BCUT2D eigenvalue weighted by Gasteiger charge is -2.07. The highest BCUT2D eigenvalue weighted by Crippen LogP contribution is 2.47. The molecule has 0 aliphatic heterocycles. The molecule has 1 saturated carbocycles. The molecule has 0 saturated heterocycles. The van der Waals surface area contributed by atoms with Crippen molar-refractivity contribution in [1.29, 1.82) is 0 Å². The van der Waals surface area contributed by atoms with Crippen molar-refractivity contribution in [3.05, 3.63) is 66.2 Å². The zero-order valence-electron chi connectivity index (χ0n) is 13.9. The number of rotatable bonds is 6. The van der Waals surface area contributed by atoms with Crippen LogP contribution in [0.25, 0.3) is 11.0 Å². The lowest BCUT2D eigenvalue weighted by Crippen LogP contribution is -2.27. The fraction of sp³-hybridized carbons (Fsp3) is 0.300. The van der Waals surface area contributed by atoms with Crippen LogP contribution in [0.1, 0.15) is 24.3 Å². The van der Waals surface area contributed by atoms with Gasteiger partial charge in [0.1, 0.15) is 5.82 Å². The van der Waals surface area contributed by atoms with Crippen LogP contribution in [0.4, 0.5) is 4.39 Å². The zero-order chi connectivity index (χ0) is 17.2. The zero-order valence-corrected chi connectivity index (χ0v) is 13.9. The number of imidazole rings is 1. The van der Waals surface area contributed by atoms with Gasteiger partial charge in [-0.05, 0) is 48.6 Å². The van der Waals surface area contributed by atoms with E-state index in [1.807, 2.05) is 24.5 Å². The normalized spacial score (nSPS) is 19.1. The summed E-state index contributed by atoms with van der Waals surface area (Å²) in [7, 11) is 0. The molecule has 1 amide bonds. The number of benzene rings is 2. The van der Waals surface area contributed by atoms with Crippen LogP contribution >= 0.6 is 0 Å². The number of carbonyl (C=O) groups is 1. The van der Waals surface area contributed by atoms with Crippen molar-refractivity contribution in [1.82, 2.24) is 14.9 Å². The van der Waals surface area contributed by atoms with Gasteiger partial charge in [0.2, 0.25) is 5.91 Å². The van der Waals surface area contributed by atoms with E-state index in [0.29, 0.717) is 6.54 Å². The molecule has 4 nitrogen and oxygen atoms in total. The molecule has 1 aliphatic rings. The lowest BCUT2D eigenvalue weighted by atomic mass is 10.1. The third-order valence-corrected chi connectivity index (χ3v) is 4.83. The van der Waals surface area contributed by atoms with Crippen molar-refractivity contribution in [3.8, 4) is 0 Å². The Morgan fingerprint density at radius 2 is 2.00 bits per heavy atom. The largest absolute Gasteiger partial charge is 0.356 e. The summed E-state index contributed by atoms with van der Waals surface area (Å²) < 4.78 is 15.1. The second kappa shape index (κ2) is 6.67. The number of hydrogen-bond donors (Lipinski definition) is 1. The van der Waals surface area contributed by atoms with E-state index in [1.54, 1.807) is 12.1 Å². The highest BCUT2D eigenvalue weighted by Gasteiger charge is 2.43. The molecule has 1 heterocycles. The minimum atomic E-state index is -0.238. The molecular formula is C20H20FN3O. The minimum absolute atomic E-state index is 0.0273. The van der Waals surface area contributed by atoms with Gasteiger partial charge in [0.25, 0.3) is 0 Å². The van der Waals surface area contributed by atoms with Gasteiger partial charge in [0.15, 0.2) is 0 Å². The van der Waals surface area contributed by atoms with Crippen molar-refractivity contribution in [2.45, 2.75) is 25.3 Å². The van der Waals surface area contributed by atoms with Gasteiger partial charge < -0.3 is 9.88 Å². The van der Waals surface area contributed by atoms with E-state index in [4.69, 9.17) is 0 Å². The summed E-state index contributed by atoms with van der Waals surface area (Å²) in [5.74, 6) is 0.125. The van der Waals surface area contributed by atoms with Crippen molar-refractivity contribution in [3.63, 3.8) is 0 Å². The van der Waals surface area contributed by atoms with Crippen LogP contribution in [0.5, 0.6) is 0 Å². The lowest BCUT2D eigenvalue weighted by molar-refractivity contribution is -0.122. The van der Waals surface area contributed by atoms with Gasteiger partial charge in [-0.1, -0.05) is 24.3 Å². The van der Waals surface area contributed by atoms with Gasteiger partial charge in [-0.2, -0.15) is 0 Å². The smallest absolute Gasteiger partial charge is 0.223 e. The molecule has 2 atom stereocenters. The molecule has 0 radical (unpaired) electrons. The van der Waals surface area contributed by atoms with Crippen molar-refractivity contribution in [2.24, 2.45) is 5.92 Å². The highest BCUT2D eigenvalue weighted by molar-refractivity contribution is 5.82. The summed E-state index contributed by atoms with van der Waals surface area (Å²) in [6.07, 6.45) is 3.56. The molecule has 25 heavy (non-hydrogen) atoms. The molecule has 0 spiro atoms. The molecule has 1 N–H and O–H groups in total. The number of halogens is 1. The highest BCUT2D eigenvalue weighted by atomic mass is 19.1. The van der Waals surface area contributed by atoms with Gasteiger partial charge in [-0.3, -0.25) is 4.79 Å². The van der Waals surface area contributed by atoms with Gasteiger partial charge in [-0.15, -0.1) is 0 Å². The molecule has 1 aromatic heterocycles. The molecule has 2 aromatic carbocycles. The molecule has 0 bridgehead atoms. The van der Waals surface area contributed by atoms with Crippen LogP contribution in [0, 0.1) is 11.7 Å². The number of aromatic nitrogens is 2. The fourth-order valence-electron chi connectivity index (χ4n) is 3.34. The maximum atomic E-state index is 13.0. The Bertz CT molecular complexity index is 887. The monoisotopic (exact) mass is 337 g/mol. The molecule has 1 aliphatic carbocycles. The van der Waals surface area contributed by atoms with Crippen LogP contribution < -0.4 is 5.32 Å². The molecular weight excluding hydrogens is 317 g/mol. The van der Waals surface area contributed by atoms with E-state index in [2.05, 4.69) is 20.9 Å². The second-order valence-electron chi connectivity index (χ2n) is 6.57. The van der Waals surface area contributed by atoms with Gasteiger partial charge >= 0.3 is 0 Å². The first-order valence-corrected chi connectivity index (χ1v) is 8.65. The number of hydrogen-bond acceptors (Lipinski definition) is 2. The van der Waals surface area contributed by atoms with Gasteiger partial charge in [0, 0.05) is 19.0 Å². The molecule has 1 fully saturated rings. The van der Waals surface area contributed by atoms with E-state index >= 15 is 0 Å². The molecule has 5 heteroatoms. The number of nitrogens with one attached hydrogen (secondary N) is 1. The standard InChI is InChI=1S/C20H20FN3O/c21-15-8-6-14(7-9-15)16-12-17(16)20(25)22-10-3-11-24-13-23-18-4-1-2-5-19(18)24/h1-2,4-9,13,16-17H,3,10-12H2,(H,22,25). The van der Waals surface area contributed by atoms with Crippen LogP contribution in [-0.2, 0) is 11.3 Å². The Balaban J connectivity index is 1.24. The summed E-state index contributed by atoms with van der Waals surface area (Å²) in [5, 5.41) is 3.02. The van der Waals surface area contributed by atoms with Crippen LogP contribution in [-0.4, -0.2) is 22.0 Å². The van der Waals surface area contributed by atoms with E-state index in [9.17, 15) is 9.18 Å². The number of nitrogens with zero attached hydrogens (tertiary/aromatic N) is 2. The Morgan fingerprint density at radius 1 is 1.20 bits per heavy atom. The summed E-state index contributed by atoms with van der Waals surface area (Å²) >= 11 is 0. The predicted octanol–water partition coefficient (Wildman–Crippen LogP) is 3.49. The van der Waals surface area contributed by atoms with E-state index in [0.717, 1.165) is 36.0 Å². The Morgan fingerprint density at radius 3 is 2.84 bits per heavy atom. The van der Waals surface area contributed by atoms with Crippen molar-refractivity contribution >= 4 is 16.9 Å². The number of para-hydroxylation sites is 2. The van der Waals surface area contributed by atoms with Gasteiger partial charge in [-0.25, -0.2) is 9.37 Å². The quantitative estimate of drug-likeness (QED) is 0.700. The molecule has 128 valence electrons. The van der Waals surface area contributed by atoms with E-state index in [-0.39, 0.29) is 23.6 Å². The first kappa shape index (κ1) is 15.8. The molecule has 3 aromatic rings. The average molecular weight is 337 g/mol. The summed E-state index contributed by atoms with van der Waals surface area (Å²) in [6, 6.07) is 14.5. The Kier molecular flexibility index (Phi) is 4.22. The maximum absolute atomic E-state index is 13.0. The first-order valence-electron chi connectivity index (χ1n) is 8.65. The summed E-state index contributed by atoms with van der Waals surface area (Å²) in [6.45, 7) is 1.48. The molecule has 2 unspecified atom stereocenters. The van der Waals surface area contributed by atoms with Crippen molar-refractivity contribution < 1.29 is 9.18 Å².